The third-order valence-electron chi connectivity index (χ3n) is 2.86. The molecule has 4 nitrogen and oxygen atoms in total. The van der Waals surface area contributed by atoms with Gasteiger partial charge >= 0.3 is 0 Å². The van der Waals surface area contributed by atoms with Gasteiger partial charge in [0.25, 0.3) is 0 Å². The second kappa shape index (κ2) is 7.97. The maximum absolute atomic E-state index is 10.0. The van der Waals surface area contributed by atoms with Gasteiger partial charge in [-0.2, -0.15) is 30.9 Å². The summed E-state index contributed by atoms with van der Waals surface area (Å²) in [4.78, 5) is 14.2. The molecule has 2 heterocycles. The van der Waals surface area contributed by atoms with Crippen LogP contribution >= 0.6 is 0 Å². The van der Waals surface area contributed by atoms with Gasteiger partial charge in [0.2, 0.25) is 0 Å². The number of hydrogen-bond donors (Lipinski definition) is 1. The molecule has 3 rings (SSSR count). The topological polar surface area (TPSA) is 43.8 Å². The van der Waals surface area contributed by atoms with Crippen LogP contribution < -0.4 is 4.90 Å². The van der Waals surface area contributed by atoms with E-state index in [0.717, 1.165) is 5.69 Å². The van der Waals surface area contributed by atoms with Crippen LogP contribution in [-0.2, 0) is 24.9 Å². The predicted molar refractivity (Wildman–Crippen MR) is 84.0 cm³/mol. The van der Waals surface area contributed by atoms with Gasteiger partial charge in [0.1, 0.15) is 0 Å². The first kappa shape index (κ1) is 18.2. The molecule has 5 heteroatoms. The zero-order valence-corrected chi connectivity index (χ0v) is 15.1. The van der Waals surface area contributed by atoms with E-state index in [1.54, 1.807) is 0 Å². The fraction of sp³-hybridized carbons (Fsp3) is 0.176. The number of para-hydroxylation sites is 1. The summed E-state index contributed by atoms with van der Waals surface area (Å²) >= 11 is 0. The Hall–Kier alpha value is -1.84. The molecule has 1 aromatic rings. The minimum atomic E-state index is -0.125. The van der Waals surface area contributed by atoms with Crippen molar-refractivity contribution < 1.29 is 30.0 Å². The fourth-order valence-electron chi connectivity index (χ4n) is 2.12. The van der Waals surface area contributed by atoms with Crippen molar-refractivity contribution in [2.75, 3.05) is 11.9 Å². The van der Waals surface area contributed by atoms with Crippen molar-refractivity contribution in [3.05, 3.63) is 66.3 Å². The van der Waals surface area contributed by atoms with Crippen molar-refractivity contribution in [2.24, 2.45) is 0 Å². The Morgan fingerprint density at radius 1 is 1.36 bits per heavy atom. The Kier molecular flexibility index (Phi) is 6.59. The van der Waals surface area contributed by atoms with E-state index < -0.39 is 0 Å². The SMILES string of the molecule is CC(=O)/C=C(/C)O.CN1C=C2C=Cc3ccc[c-]c3N2[CH-]1.[Ir]. The quantitative estimate of drug-likeness (QED) is 0.386. The molecule has 1 N–H and O–H groups in total. The van der Waals surface area contributed by atoms with Crippen LogP contribution in [0.1, 0.15) is 19.4 Å². The smallest absolute Gasteiger partial charge is 0.155 e. The number of aliphatic hydroxyl groups is 1. The third-order valence-corrected chi connectivity index (χ3v) is 2.86. The maximum atomic E-state index is 10.0. The van der Waals surface area contributed by atoms with Crippen LogP contribution in [0.2, 0.25) is 0 Å². The number of anilines is 1. The maximum Gasteiger partial charge on any atom is 0.155 e. The Bertz CT molecular complexity index is 631. The first-order chi connectivity index (χ1) is 9.97. The van der Waals surface area contributed by atoms with Crippen LogP contribution in [0.5, 0.6) is 0 Å². The normalized spacial score (nSPS) is 15.0. The minimum absolute atomic E-state index is 0. The number of hydrogen-bond acceptors (Lipinski definition) is 4. The molecule has 0 aromatic heterocycles. The zero-order chi connectivity index (χ0) is 15.4. The van der Waals surface area contributed by atoms with Crippen molar-refractivity contribution in [1.82, 2.24) is 4.90 Å². The molecule has 0 unspecified atom stereocenters. The second-order valence-electron chi connectivity index (χ2n) is 4.91. The standard InChI is InChI=1S/C12H10N2.C5H8O2.Ir/c1-13-8-11-7-6-10-4-2-3-5-12(10)14(11)9-13;1-4(6)3-5(2)7;/h2-4,6-9H,1H3;3,6H,1-2H3;/q-2;;/b;4-3-;. The first-order valence-corrected chi connectivity index (χ1v) is 6.62. The number of rotatable bonds is 1. The molecular formula is C17H18IrN2O2-2. The van der Waals surface area contributed by atoms with Crippen molar-refractivity contribution in [1.29, 1.82) is 0 Å². The molecule has 0 bridgehead atoms. The summed E-state index contributed by atoms with van der Waals surface area (Å²) in [5.74, 6) is -0.0625. The Labute approximate surface area is 144 Å². The largest absolute Gasteiger partial charge is 0.512 e. The first-order valence-electron chi connectivity index (χ1n) is 6.62. The summed E-state index contributed by atoms with van der Waals surface area (Å²) in [6.45, 7) is 4.91. The van der Waals surface area contributed by atoms with E-state index >= 15 is 0 Å². The van der Waals surface area contributed by atoms with Crippen LogP contribution in [0.4, 0.5) is 5.69 Å². The molecule has 0 aliphatic carbocycles. The molecule has 0 atom stereocenters. The molecule has 22 heavy (non-hydrogen) atoms. The fourth-order valence-corrected chi connectivity index (χ4v) is 2.12. The van der Waals surface area contributed by atoms with E-state index in [1.165, 1.54) is 31.2 Å². The van der Waals surface area contributed by atoms with Gasteiger partial charge in [-0.15, -0.1) is 11.6 Å². The molecular weight excluding hydrogens is 456 g/mol. The van der Waals surface area contributed by atoms with E-state index in [4.69, 9.17) is 5.11 Å². The van der Waals surface area contributed by atoms with E-state index in [9.17, 15) is 4.79 Å². The summed E-state index contributed by atoms with van der Waals surface area (Å²) in [5, 5.41) is 8.36. The van der Waals surface area contributed by atoms with Gasteiger partial charge in [-0.1, -0.05) is 11.8 Å². The number of carbonyl (C=O) groups is 1. The number of benzene rings is 1. The van der Waals surface area contributed by atoms with E-state index in [1.807, 2.05) is 19.2 Å². The number of allylic oxidation sites excluding steroid dienone is 3. The number of fused-ring (bicyclic) bond motifs is 3. The number of aliphatic hydroxyl groups excluding tert-OH is 1. The molecule has 2 aliphatic heterocycles. The average Bonchev–Trinajstić information content (AvgIpc) is 2.78. The van der Waals surface area contributed by atoms with Crippen LogP contribution in [-0.4, -0.2) is 22.8 Å². The van der Waals surface area contributed by atoms with E-state index in [2.05, 4.69) is 47.0 Å². The van der Waals surface area contributed by atoms with Crippen LogP contribution in [0.15, 0.2) is 48.0 Å². The minimum Gasteiger partial charge on any atom is -0.512 e. The van der Waals surface area contributed by atoms with Crippen LogP contribution in [0.3, 0.4) is 0 Å². The summed E-state index contributed by atoms with van der Waals surface area (Å²) in [5.41, 5.74) is 3.55. The summed E-state index contributed by atoms with van der Waals surface area (Å²) in [7, 11) is 2.03. The van der Waals surface area contributed by atoms with Crippen molar-refractivity contribution in [2.45, 2.75) is 13.8 Å². The van der Waals surface area contributed by atoms with Crippen LogP contribution in [0, 0.1) is 12.7 Å². The molecule has 2 aliphatic rings. The Morgan fingerprint density at radius 2 is 2.09 bits per heavy atom. The molecule has 1 aromatic carbocycles. The Balaban J connectivity index is 0.000000264. The van der Waals surface area contributed by atoms with E-state index in [0.29, 0.717) is 0 Å². The van der Waals surface area contributed by atoms with Gasteiger partial charge in [0.15, 0.2) is 5.78 Å². The average molecular weight is 475 g/mol. The summed E-state index contributed by atoms with van der Waals surface area (Å²) in [6.07, 6.45) is 7.51. The molecule has 0 fully saturated rings. The number of nitrogens with zero attached hydrogens (tertiary/aromatic N) is 2. The van der Waals surface area contributed by atoms with Gasteiger partial charge in [-0.05, 0) is 27.1 Å². The molecule has 119 valence electrons. The van der Waals surface area contributed by atoms with Gasteiger partial charge in [0.05, 0.1) is 5.76 Å². The molecule has 0 spiro atoms. The molecule has 0 saturated carbocycles. The van der Waals surface area contributed by atoms with Gasteiger partial charge < -0.3 is 14.9 Å². The molecule has 1 radical (unpaired) electrons. The predicted octanol–water partition coefficient (Wildman–Crippen LogP) is 3.26. The van der Waals surface area contributed by atoms with Crippen molar-refractivity contribution >= 4 is 17.5 Å². The van der Waals surface area contributed by atoms with Gasteiger partial charge in [0, 0.05) is 31.9 Å². The van der Waals surface area contributed by atoms with E-state index in [-0.39, 0.29) is 31.6 Å². The van der Waals surface area contributed by atoms with Crippen molar-refractivity contribution in [3.8, 4) is 0 Å². The zero-order valence-electron chi connectivity index (χ0n) is 12.7. The van der Waals surface area contributed by atoms with Crippen molar-refractivity contribution in [3.63, 3.8) is 0 Å². The monoisotopic (exact) mass is 475 g/mol. The number of ketones is 1. The second-order valence-corrected chi connectivity index (χ2v) is 4.91. The third kappa shape index (κ3) is 4.58. The van der Waals surface area contributed by atoms with Gasteiger partial charge in [-0.25, -0.2) is 0 Å². The molecule has 0 amide bonds. The molecule has 0 saturated heterocycles. The Morgan fingerprint density at radius 3 is 2.68 bits per heavy atom. The summed E-state index contributed by atoms with van der Waals surface area (Å²) < 4.78 is 0. The number of carbonyl (C=O) groups excluding carboxylic acids is 1. The summed E-state index contributed by atoms with van der Waals surface area (Å²) in [6, 6.07) is 9.32. The van der Waals surface area contributed by atoms with Crippen LogP contribution in [0.25, 0.3) is 6.08 Å². The van der Waals surface area contributed by atoms with Gasteiger partial charge in [-0.3, -0.25) is 4.79 Å².